The van der Waals surface area contributed by atoms with Crippen molar-refractivity contribution in [3.8, 4) is 0 Å². The lowest BCUT2D eigenvalue weighted by atomic mass is 9.96. The molecule has 112 valence electrons. The van der Waals surface area contributed by atoms with E-state index >= 15 is 0 Å². The van der Waals surface area contributed by atoms with Crippen LogP contribution < -0.4 is 11.1 Å². The minimum Gasteiger partial charge on any atom is -0.481 e. The van der Waals surface area contributed by atoms with E-state index in [2.05, 4.69) is 36.5 Å². The van der Waals surface area contributed by atoms with Crippen molar-refractivity contribution in [3.05, 3.63) is 35.4 Å². The van der Waals surface area contributed by atoms with Crippen molar-refractivity contribution < 1.29 is 15.0 Å². The average Bonchev–Trinajstić information content (AvgIpc) is 2.43. The minimum atomic E-state index is -0.894. The van der Waals surface area contributed by atoms with Crippen molar-refractivity contribution in [1.29, 1.82) is 0 Å². The third-order valence-corrected chi connectivity index (χ3v) is 3.32. The monoisotopic (exact) mass is 280 g/mol. The van der Waals surface area contributed by atoms with Crippen LogP contribution in [0.2, 0.25) is 0 Å². The molecular formula is C15H24N2O3. The first kappa shape index (κ1) is 16.6. The van der Waals surface area contributed by atoms with Crippen LogP contribution in [0.5, 0.6) is 0 Å². The van der Waals surface area contributed by atoms with Crippen LogP contribution in [0.15, 0.2) is 24.3 Å². The number of nitrogens with two attached hydrogens (primary N) is 1. The zero-order valence-corrected chi connectivity index (χ0v) is 11.9. The number of hydrogen-bond acceptors (Lipinski definition) is 4. The molecule has 2 unspecified atom stereocenters. The molecule has 0 amide bonds. The molecule has 5 heteroatoms. The topological polar surface area (TPSA) is 95.6 Å². The number of aryl methyl sites for hydroxylation is 1. The predicted molar refractivity (Wildman–Crippen MR) is 78.6 cm³/mol. The molecule has 1 heterocycles. The molecule has 1 aromatic rings. The molecule has 5 N–H and O–H groups in total. The Labute approximate surface area is 119 Å². The van der Waals surface area contributed by atoms with Gasteiger partial charge in [-0.3, -0.25) is 4.79 Å². The Bertz CT molecular complexity index is 406. The van der Waals surface area contributed by atoms with Gasteiger partial charge in [-0.15, -0.1) is 0 Å². The molecule has 0 aromatic heterocycles. The van der Waals surface area contributed by atoms with Gasteiger partial charge in [0.05, 0.1) is 12.0 Å². The van der Waals surface area contributed by atoms with E-state index in [1.54, 1.807) is 0 Å². The molecule has 1 aliphatic heterocycles. The van der Waals surface area contributed by atoms with E-state index in [9.17, 15) is 4.79 Å². The van der Waals surface area contributed by atoms with Crippen LogP contribution >= 0.6 is 0 Å². The van der Waals surface area contributed by atoms with Gasteiger partial charge in [0, 0.05) is 6.54 Å². The number of nitrogens with one attached hydrogen (secondary N) is 1. The van der Waals surface area contributed by atoms with Crippen LogP contribution in [0.25, 0.3) is 0 Å². The molecular weight excluding hydrogens is 256 g/mol. The highest BCUT2D eigenvalue weighted by Crippen LogP contribution is 2.11. The van der Waals surface area contributed by atoms with Crippen molar-refractivity contribution in [3.63, 3.8) is 0 Å². The van der Waals surface area contributed by atoms with Gasteiger partial charge in [-0.05, 0) is 38.4 Å². The SMILES string of the molecule is Cc1ccc(CCN)cc1.O=C(O)C1CCNCC1O. The first-order chi connectivity index (χ1) is 9.54. The van der Waals surface area contributed by atoms with E-state index in [4.69, 9.17) is 15.9 Å². The summed E-state index contributed by atoms with van der Waals surface area (Å²) in [6.07, 6.45) is 0.794. The molecule has 5 nitrogen and oxygen atoms in total. The van der Waals surface area contributed by atoms with Gasteiger partial charge in [-0.1, -0.05) is 29.8 Å². The van der Waals surface area contributed by atoms with Gasteiger partial charge >= 0.3 is 5.97 Å². The summed E-state index contributed by atoms with van der Waals surface area (Å²) >= 11 is 0. The molecule has 1 aliphatic rings. The number of carboxylic acid groups (broad SMARTS) is 1. The maximum absolute atomic E-state index is 10.4. The Balaban J connectivity index is 0.000000200. The van der Waals surface area contributed by atoms with E-state index in [1.165, 1.54) is 11.1 Å². The van der Waals surface area contributed by atoms with E-state index in [-0.39, 0.29) is 0 Å². The minimum absolute atomic E-state index is 0.400. The van der Waals surface area contributed by atoms with Gasteiger partial charge in [0.15, 0.2) is 0 Å². The Kier molecular flexibility index (Phi) is 7.22. The molecule has 0 spiro atoms. The lowest BCUT2D eigenvalue weighted by Gasteiger charge is -2.24. The second-order valence-corrected chi connectivity index (χ2v) is 5.03. The third kappa shape index (κ3) is 5.69. The fourth-order valence-electron chi connectivity index (χ4n) is 2.05. The second kappa shape index (κ2) is 8.68. The predicted octanol–water partition coefficient (Wildman–Crippen LogP) is 0.538. The normalized spacial score (nSPS) is 21.8. The highest BCUT2D eigenvalue weighted by molar-refractivity contribution is 5.70. The number of carboxylic acids is 1. The average molecular weight is 280 g/mol. The van der Waals surface area contributed by atoms with Gasteiger partial charge in [0.2, 0.25) is 0 Å². The molecule has 2 atom stereocenters. The van der Waals surface area contributed by atoms with Gasteiger partial charge in [0.25, 0.3) is 0 Å². The number of aliphatic hydroxyl groups is 1. The van der Waals surface area contributed by atoms with Gasteiger partial charge < -0.3 is 21.3 Å². The summed E-state index contributed by atoms with van der Waals surface area (Å²) < 4.78 is 0. The summed E-state index contributed by atoms with van der Waals surface area (Å²) in [5.41, 5.74) is 8.03. The number of rotatable bonds is 3. The Morgan fingerprint density at radius 3 is 2.50 bits per heavy atom. The number of aliphatic hydroxyl groups excluding tert-OH is 1. The number of carbonyl (C=O) groups is 1. The Hall–Kier alpha value is -1.43. The lowest BCUT2D eigenvalue weighted by Crippen LogP contribution is -2.43. The molecule has 0 aliphatic carbocycles. The van der Waals surface area contributed by atoms with Gasteiger partial charge in [-0.25, -0.2) is 0 Å². The van der Waals surface area contributed by atoms with Crippen LogP contribution in [0.3, 0.4) is 0 Å². The maximum atomic E-state index is 10.4. The summed E-state index contributed by atoms with van der Waals surface area (Å²) in [5.74, 6) is -1.46. The third-order valence-electron chi connectivity index (χ3n) is 3.32. The van der Waals surface area contributed by atoms with Crippen LogP contribution in [-0.4, -0.2) is 41.9 Å². The van der Waals surface area contributed by atoms with Gasteiger partial charge in [0.1, 0.15) is 0 Å². The molecule has 0 saturated carbocycles. The van der Waals surface area contributed by atoms with E-state index in [1.807, 2.05) is 0 Å². The fourth-order valence-corrected chi connectivity index (χ4v) is 2.05. The summed E-state index contributed by atoms with van der Waals surface area (Å²) in [7, 11) is 0. The maximum Gasteiger partial charge on any atom is 0.309 e. The molecule has 1 fully saturated rings. The fraction of sp³-hybridized carbons (Fsp3) is 0.533. The highest BCUT2D eigenvalue weighted by atomic mass is 16.4. The zero-order chi connectivity index (χ0) is 15.0. The van der Waals surface area contributed by atoms with E-state index in [0.29, 0.717) is 19.5 Å². The quantitative estimate of drug-likeness (QED) is 0.648. The number of hydrogen-bond donors (Lipinski definition) is 4. The van der Waals surface area contributed by atoms with Crippen molar-refractivity contribution in [1.82, 2.24) is 5.32 Å². The lowest BCUT2D eigenvalue weighted by molar-refractivity contribution is -0.146. The van der Waals surface area contributed by atoms with Crippen molar-refractivity contribution in [2.45, 2.75) is 25.9 Å². The highest BCUT2D eigenvalue weighted by Gasteiger charge is 2.28. The number of piperidine rings is 1. The van der Waals surface area contributed by atoms with Crippen molar-refractivity contribution >= 4 is 5.97 Å². The molecule has 2 rings (SSSR count). The van der Waals surface area contributed by atoms with E-state index in [0.717, 1.165) is 13.0 Å². The second-order valence-electron chi connectivity index (χ2n) is 5.03. The van der Waals surface area contributed by atoms with Crippen LogP contribution in [0.4, 0.5) is 0 Å². The summed E-state index contributed by atoms with van der Waals surface area (Å²) in [4.78, 5) is 10.4. The van der Waals surface area contributed by atoms with Crippen LogP contribution in [0.1, 0.15) is 17.5 Å². The number of benzene rings is 1. The Morgan fingerprint density at radius 2 is 2.05 bits per heavy atom. The Morgan fingerprint density at radius 1 is 1.40 bits per heavy atom. The zero-order valence-electron chi connectivity index (χ0n) is 11.9. The number of aliphatic carboxylic acids is 1. The van der Waals surface area contributed by atoms with Gasteiger partial charge in [-0.2, -0.15) is 0 Å². The van der Waals surface area contributed by atoms with Crippen molar-refractivity contribution in [2.24, 2.45) is 11.7 Å². The standard InChI is InChI=1S/C9H13N.C6H11NO3/c1-8-2-4-9(5-3-8)6-7-10;8-5-3-7-2-1-4(5)6(9)10/h2-5H,6-7,10H2,1H3;4-5,7-8H,1-3H2,(H,9,10). The molecule has 1 aromatic carbocycles. The van der Waals surface area contributed by atoms with Crippen LogP contribution in [0, 0.1) is 12.8 Å². The van der Waals surface area contributed by atoms with E-state index < -0.39 is 18.0 Å². The first-order valence-electron chi connectivity index (χ1n) is 6.91. The van der Waals surface area contributed by atoms with Crippen molar-refractivity contribution in [2.75, 3.05) is 19.6 Å². The summed E-state index contributed by atoms with van der Waals surface area (Å²) in [6, 6.07) is 8.49. The number of β-amino-alcohol motifs (C(OH)–C–C–N with tert-alkyl or cyclic N) is 1. The molecule has 20 heavy (non-hydrogen) atoms. The molecule has 1 saturated heterocycles. The molecule has 0 radical (unpaired) electrons. The summed E-state index contributed by atoms with van der Waals surface area (Å²) in [6.45, 7) is 3.92. The largest absolute Gasteiger partial charge is 0.481 e. The molecule has 0 bridgehead atoms. The smallest absolute Gasteiger partial charge is 0.309 e. The first-order valence-corrected chi connectivity index (χ1v) is 6.91. The van der Waals surface area contributed by atoms with Crippen LogP contribution in [-0.2, 0) is 11.2 Å². The summed E-state index contributed by atoms with van der Waals surface area (Å²) in [5, 5.41) is 20.5.